The van der Waals surface area contributed by atoms with Crippen molar-refractivity contribution in [1.29, 1.82) is 0 Å². The average molecular weight is 294 g/mol. The second kappa shape index (κ2) is 4.97. The summed E-state index contributed by atoms with van der Waals surface area (Å²) < 4.78 is 14.3. The van der Waals surface area contributed by atoms with E-state index in [-0.39, 0.29) is 10.9 Å². The summed E-state index contributed by atoms with van der Waals surface area (Å²) in [6.07, 6.45) is 0. The van der Waals surface area contributed by atoms with Crippen molar-refractivity contribution in [2.24, 2.45) is 0 Å². The number of rotatable bonds is 0. The van der Waals surface area contributed by atoms with Crippen LogP contribution in [-0.2, 0) is 9.47 Å². The largest absolute Gasteiger partial charge is 0.361 e. The van der Waals surface area contributed by atoms with E-state index in [0.29, 0.717) is 0 Å². The van der Waals surface area contributed by atoms with Crippen LogP contribution < -0.4 is 0 Å². The highest BCUT2D eigenvalue weighted by atomic mass is 32.2. The van der Waals surface area contributed by atoms with E-state index in [9.17, 15) is 0 Å². The van der Waals surface area contributed by atoms with Gasteiger partial charge in [0, 0.05) is 10.5 Å². The number of fused-ring (bicyclic) bond motifs is 1. The molecule has 3 fully saturated rings. The molecule has 0 spiro atoms. The van der Waals surface area contributed by atoms with E-state index < -0.39 is 0 Å². The summed E-state index contributed by atoms with van der Waals surface area (Å²) in [5.74, 6) is 0. The van der Waals surface area contributed by atoms with E-state index in [1.54, 1.807) is 0 Å². The lowest BCUT2D eigenvalue weighted by Crippen LogP contribution is -2.30. The zero-order chi connectivity index (χ0) is 11.1. The van der Waals surface area contributed by atoms with Gasteiger partial charge in [-0.2, -0.15) is 0 Å². The van der Waals surface area contributed by atoms with Crippen LogP contribution in [0.25, 0.3) is 0 Å². The fraction of sp³-hybridized carbons (Fsp3) is 0.800. The SMILES string of the molecule is CC1SC(=C2SC3OCCOC3S2)SC1C. The summed E-state index contributed by atoms with van der Waals surface area (Å²) in [7, 11) is 0. The molecule has 0 bridgehead atoms. The van der Waals surface area contributed by atoms with Crippen LogP contribution in [0.5, 0.6) is 0 Å². The molecule has 0 amide bonds. The maximum absolute atomic E-state index is 5.71. The van der Waals surface area contributed by atoms with E-state index in [2.05, 4.69) is 13.8 Å². The van der Waals surface area contributed by atoms with E-state index in [1.165, 1.54) is 8.47 Å². The predicted molar refractivity (Wildman–Crippen MR) is 75.8 cm³/mol. The van der Waals surface area contributed by atoms with E-state index in [4.69, 9.17) is 9.47 Å². The first-order valence-corrected chi connectivity index (χ1v) is 8.90. The number of thioether (sulfide) groups is 4. The molecule has 4 unspecified atom stereocenters. The van der Waals surface area contributed by atoms with Gasteiger partial charge in [-0.1, -0.05) is 37.4 Å². The minimum Gasteiger partial charge on any atom is -0.361 e. The molecule has 0 N–H and O–H groups in total. The molecule has 3 heterocycles. The highest BCUT2D eigenvalue weighted by Crippen LogP contribution is 2.58. The lowest BCUT2D eigenvalue weighted by molar-refractivity contribution is -0.0645. The van der Waals surface area contributed by atoms with Crippen LogP contribution in [0.1, 0.15) is 13.8 Å². The van der Waals surface area contributed by atoms with Crippen molar-refractivity contribution in [3.05, 3.63) is 8.47 Å². The first kappa shape index (κ1) is 12.1. The Kier molecular flexibility index (Phi) is 3.77. The molecular weight excluding hydrogens is 280 g/mol. The third-order valence-electron chi connectivity index (χ3n) is 2.73. The number of hydrogen-bond donors (Lipinski definition) is 0. The molecular formula is C10H14O2S4. The maximum Gasteiger partial charge on any atom is 0.144 e. The van der Waals surface area contributed by atoms with Gasteiger partial charge in [0.15, 0.2) is 0 Å². The molecule has 90 valence electrons. The monoisotopic (exact) mass is 294 g/mol. The fourth-order valence-corrected chi connectivity index (χ4v) is 7.97. The average Bonchev–Trinajstić information content (AvgIpc) is 2.83. The van der Waals surface area contributed by atoms with E-state index in [1.807, 2.05) is 47.0 Å². The first-order chi connectivity index (χ1) is 7.74. The maximum atomic E-state index is 5.71. The Morgan fingerprint density at radius 3 is 1.75 bits per heavy atom. The quantitative estimate of drug-likeness (QED) is 0.675. The molecule has 0 aromatic heterocycles. The summed E-state index contributed by atoms with van der Waals surface area (Å²) in [4.78, 5) is 0. The molecule has 0 aliphatic carbocycles. The highest BCUT2D eigenvalue weighted by molar-refractivity contribution is 8.31. The molecule has 0 saturated carbocycles. The smallest absolute Gasteiger partial charge is 0.144 e. The van der Waals surface area contributed by atoms with E-state index >= 15 is 0 Å². The summed E-state index contributed by atoms with van der Waals surface area (Å²) in [5.41, 5.74) is 0.433. The van der Waals surface area contributed by atoms with Gasteiger partial charge in [-0.3, -0.25) is 0 Å². The van der Waals surface area contributed by atoms with E-state index in [0.717, 1.165) is 23.7 Å². The number of hydrogen-bond acceptors (Lipinski definition) is 6. The minimum absolute atomic E-state index is 0.216. The van der Waals surface area contributed by atoms with Gasteiger partial charge >= 0.3 is 0 Å². The Labute approximate surface area is 113 Å². The van der Waals surface area contributed by atoms with Crippen molar-refractivity contribution < 1.29 is 9.47 Å². The molecule has 0 aromatic carbocycles. The first-order valence-electron chi connectivity index (χ1n) is 5.38. The van der Waals surface area contributed by atoms with Gasteiger partial charge in [0.2, 0.25) is 0 Å². The van der Waals surface area contributed by atoms with Crippen molar-refractivity contribution in [2.75, 3.05) is 13.2 Å². The van der Waals surface area contributed by atoms with Crippen LogP contribution in [0, 0.1) is 0 Å². The van der Waals surface area contributed by atoms with Gasteiger partial charge < -0.3 is 9.47 Å². The topological polar surface area (TPSA) is 18.5 Å². The van der Waals surface area contributed by atoms with Crippen molar-refractivity contribution in [3.8, 4) is 0 Å². The highest BCUT2D eigenvalue weighted by Gasteiger charge is 2.40. The molecule has 4 atom stereocenters. The van der Waals surface area contributed by atoms with Crippen LogP contribution in [0.4, 0.5) is 0 Å². The third-order valence-corrected chi connectivity index (χ3v) is 9.21. The molecule has 3 saturated heterocycles. The molecule has 0 radical (unpaired) electrons. The van der Waals surface area contributed by atoms with Crippen molar-refractivity contribution in [1.82, 2.24) is 0 Å². The number of ether oxygens (including phenoxy) is 2. The summed E-state index contributed by atoms with van der Waals surface area (Å²) in [5, 5.41) is 1.44. The molecule has 3 aliphatic heterocycles. The Morgan fingerprint density at radius 1 is 0.812 bits per heavy atom. The molecule has 3 rings (SSSR count). The van der Waals surface area contributed by atoms with Crippen LogP contribution in [0.15, 0.2) is 8.47 Å². The van der Waals surface area contributed by atoms with Gasteiger partial charge in [0.05, 0.1) is 21.7 Å². The Bertz CT molecular complexity index is 292. The second-order valence-electron chi connectivity index (χ2n) is 3.93. The Balaban J connectivity index is 1.75. The zero-order valence-electron chi connectivity index (χ0n) is 9.17. The van der Waals surface area contributed by atoms with Crippen molar-refractivity contribution >= 4 is 47.0 Å². The lowest BCUT2D eigenvalue weighted by atomic mass is 10.4. The summed E-state index contributed by atoms with van der Waals surface area (Å²) in [6.45, 7) is 6.09. The lowest BCUT2D eigenvalue weighted by Gasteiger charge is -2.23. The van der Waals surface area contributed by atoms with Crippen molar-refractivity contribution in [2.45, 2.75) is 35.2 Å². The van der Waals surface area contributed by atoms with Gasteiger partial charge in [-0.15, -0.1) is 23.5 Å². The van der Waals surface area contributed by atoms with Crippen LogP contribution in [0.3, 0.4) is 0 Å². The van der Waals surface area contributed by atoms with Crippen molar-refractivity contribution in [3.63, 3.8) is 0 Å². The van der Waals surface area contributed by atoms with Crippen LogP contribution in [-0.4, -0.2) is 34.6 Å². The second-order valence-corrected chi connectivity index (χ2v) is 9.44. The van der Waals surface area contributed by atoms with Gasteiger partial charge in [-0.05, 0) is 0 Å². The summed E-state index contributed by atoms with van der Waals surface area (Å²) in [6, 6.07) is 0. The molecule has 0 aromatic rings. The van der Waals surface area contributed by atoms with Crippen LogP contribution in [0.2, 0.25) is 0 Å². The Hall–Kier alpha value is 1.06. The standard InChI is InChI=1S/C10H14O2S4/c1-5-6(2)14-9(13-5)10-15-7-8(16-10)12-4-3-11-7/h5-8H,3-4H2,1-2H3. The summed E-state index contributed by atoms with van der Waals surface area (Å²) >= 11 is 7.71. The Morgan fingerprint density at radius 2 is 1.25 bits per heavy atom. The predicted octanol–water partition coefficient (Wildman–Crippen LogP) is 3.55. The molecule has 6 heteroatoms. The molecule has 2 nitrogen and oxygen atoms in total. The van der Waals surface area contributed by atoms with Crippen LogP contribution >= 0.6 is 47.0 Å². The van der Waals surface area contributed by atoms with Gasteiger partial charge in [0.1, 0.15) is 10.9 Å². The zero-order valence-corrected chi connectivity index (χ0v) is 12.4. The van der Waals surface area contributed by atoms with Gasteiger partial charge in [-0.25, -0.2) is 0 Å². The molecule has 3 aliphatic rings. The molecule has 16 heavy (non-hydrogen) atoms. The minimum atomic E-state index is 0.216. The van der Waals surface area contributed by atoms with Gasteiger partial charge in [0.25, 0.3) is 0 Å². The fourth-order valence-electron chi connectivity index (χ4n) is 1.65. The normalized spacial score (nSPS) is 43.9. The third kappa shape index (κ3) is 2.29.